The average molecular weight is 449 g/mol. The van der Waals surface area contributed by atoms with Crippen molar-refractivity contribution in [2.45, 2.75) is 46.6 Å². The number of rotatable bonds is 7. The second-order valence-electron chi connectivity index (χ2n) is 8.91. The van der Waals surface area contributed by atoms with E-state index in [1.165, 1.54) is 0 Å². The van der Waals surface area contributed by atoms with Gasteiger partial charge < -0.3 is 24.7 Å². The van der Waals surface area contributed by atoms with E-state index in [-0.39, 0.29) is 23.8 Å². The second kappa shape index (κ2) is 11.0. The lowest BCUT2D eigenvalue weighted by Crippen LogP contribution is -2.47. The Balaban J connectivity index is 1.58. The average Bonchev–Trinajstić information content (AvgIpc) is 3.07. The third-order valence-corrected chi connectivity index (χ3v) is 6.11. The molecule has 0 radical (unpaired) electrons. The van der Waals surface area contributed by atoms with Crippen LogP contribution >= 0.6 is 0 Å². The summed E-state index contributed by atoms with van der Waals surface area (Å²) < 4.78 is 10.7. The first-order valence-electron chi connectivity index (χ1n) is 11.5. The van der Waals surface area contributed by atoms with Crippen LogP contribution in [0.4, 0.5) is 0 Å². The molecular formula is C23H36N4O5. The lowest BCUT2D eigenvalue weighted by molar-refractivity contribution is -0.126. The summed E-state index contributed by atoms with van der Waals surface area (Å²) in [6.45, 7) is 12.7. The van der Waals surface area contributed by atoms with Gasteiger partial charge in [0.25, 0.3) is 5.91 Å². The van der Waals surface area contributed by atoms with Crippen LogP contribution in [0.25, 0.3) is 0 Å². The highest BCUT2D eigenvalue weighted by molar-refractivity contribution is 6.00. The maximum atomic E-state index is 13.2. The summed E-state index contributed by atoms with van der Waals surface area (Å²) in [7, 11) is 0. The van der Waals surface area contributed by atoms with Crippen molar-refractivity contribution in [1.29, 1.82) is 0 Å². The van der Waals surface area contributed by atoms with Crippen LogP contribution in [0.1, 0.15) is 58.8 Å². The number of morpholine rings is 1. The summed E-state index contributed by atoms with van der Waals surface area (Å²) in [6, 6.07) is 0. The molecule has 32 heavy (non-hydrogen) atoms. The van der Waals surface area contributed by atoms with Crippen molar-refractivity contribution < 1.29 is 23.9 Å². The first-order valence-corrected chi connectivity index (χ1v) is 11.5. The largest absolute Gasteiger partial charge is 0.459 e. The van der Waals surface area contributed by atoms with Crippen LogP contribution in [0.15, 0.2) is 0 Å². The zero-order valence-corrected chi connectivity index (χ0v) is 19.7. The highest BCUT2D eigenvalue weighted by Gasteiger charge is 2.32. The van der Waals surface area contributed by atoms with E-state index >= 15 is 0 Å². The fourth-order valence-corrected chi connectivity index (χ4v) is 4.38. The van der Waals surface area contributed by atoms with Gasteiger partial charge in [-0.15, -0.1) is 0 Å². The van der Waals surface area contributed by atoms with Gasteiger partial charge in [-0.3, -0.25) is 14.5 Å². The molecule has 1 atom stereocenters. The predicted molar refractivity (Wildman–Crippen MR) is 120 cm³/mol. The number of aromatic nitrogens is 1. The Labute approximate surface area is 189 Å². The molecule has 2 aliphatic heterocycles. The molecule has 1 aromatic rings. The van der Waals surface area contributed by atoms with E-state index in [2.05, 4.69) is 15.2 Å². The minimum Gasteiger partial charge on any atom is -0.459 e. The number of ether oxygens (including phenoxy) is 2. The molecule has 0 unspecified atom stereocenters. The first kappa shape index (κ1) is 24.3. The summed E-state index contributed by atoms with van der Waals surface area (Å²) in [5, 5.41) is 3.03. The number of nitrogens with zero attached hydrogens (tertiary/aromatic N) is 2. The van der Waals surface area contributed by atoms with Crippen molar-refractivity contribution in [3.63, 3.8) is 0 Å². The number of aryl methyl sites for hydroxylation is 1. The third-order valence-electron chi connectivity index (χ3n) is 6.11. The van der Waals surface area contributed by atoms with Crippen LogP contribution < -0.4 is 5.32 Å². The molecule has 9 nitrogen and oxygen atoms in total. The first-order chi connectivity index (χ1) is 15.3. The Kier molecular flexibility index (Phi) is 8.31. The zero-order valence-electron chi connectivity index (χ0n) is 19.7. The van der Waals surface area contributed by atoms with E-state index in [1.54, 1.807) is 32.6 Å². The SMILES string of the molecule is Cc1[nH]c(C(=O)N2CCC[C@@H](C(=O)NCCN3CCOCC3)C2)c(C)c1C(=O)OC(C)C. The third kappa shape index (κ3) is 5.89. The summed E-state index contributed by atoms with van der Waals surface area (Å²) in [5.41, 5.74) is 2.02. The van der Waals surface area contributed by atoms with Crippen LogP contribution in [-0.2, 0) is 14.3 Å². The summed E-state index contributed by atoms with van der Waals surface area (Å²) in [5.74, 6) is -0.836. The number of piperidine rings is 1. The Hall–Kier alpha value is -2.39. The van der Waals surface area contributed by atoms with Crippen molar-refractivity contribution >= 4 is 17.8 Å². The molecule has 178 valence electrons. The normalized spacial score (nSPS) is 19.8. The Morgan fingerprint density at radius 1 is 1.19 bits per heavy atom. The van der Waals surface area contributed by atoms with Gasteiger partial charge >= 0.3 is 5.97 Å². The van der Waals surface area contributed by atoms with E-state index in [4.69, 9.17) is 9.47 Å². The van der Waals surface area contributed by atoms with Gasteiger partial charge in [0.2, 0.25) is 5.91 Å². The van der Waals surface area contributed by atoms with E-state index in [1.807, 2.05) is 0 Å². The van der Waals surface area contributed by atoms with Crippen molar-refractivity contribution in [2.24, 2.45) is 5.92 Å². The van der Waals surface area contributed by atoms with E-state index < -0.39 is 5.97 Å². The molecule has 9 heteroatoms. The number of hydrogen-bond acceptors (Lipinski definition) is 6. The van der Waals surface area contributed by atoms with Gasteiger partial charge in [0, 0.05) is 45.0 Å². The maximum Gasteiger partial charge on any atom is 0.340 e. The fraction of sp³-hybridized carbons (Fsp3) is 0.696. The van der Waals surface area contributed by atoms with Gasteiger partial charge in [-0.25, -0.2) is 4.79 Å². The monoisotopic (exact) mass is 448 g/mol. The van der Waals surface area contributed by atoms with Gasteiger partial charge in [0.05, 0.1) is 30.8 Å². The Morgan fingerprint density at radius 2 is 1.91 bits per heavy atom. The lowest BCUT2D eigenvalue weighted by Gasteiger charge is -2.32. The van der Waals surface area contributed by atoms with Crippen LogP contribution in [0, 0.1) is 19.8 Å². The van der Waals surface area contributed by atoms with Gasteiger partial charge in [-0.2, -0.15) is 0 Å². The molecule has 2 fully saturated rings. The van der Waals surface area contributed by atoms with E-state index in [0.29, 0.717) is 42.1 Å². The Bertz CT molecular complexity index is 829. The number of amides is 2. The highest BCUT2D eigenvalue weighted by atomic mass is 16.5. The molecular weight excluding hydrogens is 412 g/mol. The minimum absolute atomic E-state index is 0.00338. The number of esters is 1. The summed E-state index contributed by atoms with van der Waals surface area (Å²) in [4.78, 5) is 45.4. The number of carbonyl (C=O) groups is 3. The fourth-order valence-electron chi connectivity index (χ4n) is 4.38. The molecule has 0 saturated carbocycles. The number of carbonyl (C=O) groups excluding carboxylic acids is 3. The van der Waals surface area contributed by atoms with Crippen molar-refractivity contribution in [1.82, 2.24) is 20.1 Å². The molecule has 2 aliphatic rings. The van der Waals surface area contributed by atoms with Crippen LogP contribution in [0.2, 0.25) is 0 Å². The standard InChI is InChI=1S/C23H36N4O5/c1-15(2)32-23(30)19-16(3)20(25-17(19)4)22(29)27-8-5-6-18(14-27)21(28)24-7-9-26-10-12-31-13-11-26/h15,18,25H,5-14H2,1-4H3,(H,24,28)/t18-/m1/s1. The van der Waals surface area contributed by atoms with Gasteiger partial charge in [0.15, 0.2) is 0 Å². The number of nitrogens with one attached hydrogen (secondary N) is 2. The number of H-pyrrole nitrogens is 1. The highest BCUT2D eigenvalue weighted by Crippen LogP contribution is 2.24. The van der Waals surface area contributed by atoms with Crippen molar-refractivity contribution in [2.75, 3.05) is 52.5 Å². The number of hydrogen-bond donors (Lipinski definition) is 2. The smallest absolute Gasteiger partial charge is 0.340 e. The lowest BCUT2D eigenvalue weighted by atomic mass is 9.96. The van der Waals surface area contributed by atoms with Gasteiger partial charge in [-0.05, 0) is 46.1 Å². The van der Waals surface area contributed by atoms with Crippen molar-refractivity contribution in [3.05, 3.63) is 22.5 Å². The molecule has 2 saturated heterocycles. The second-order valence-corrected chi connectivity index (χ2v) is 8.91. The van der Waals surface area contributed by atoms with Gasteiger partial charge in [-0.1, -0.05) is 0 Å². The van der Waals surface area contributed by atoms with E-state index in [9.17, 15) is 14.4 Å². The maximum absolute atomic E-state index is 13.2. The molecule has 1 aromatic heterocycles. The Morgan fingerprint density at radius 3 is 2.59 bits per heavy atom. The minimum atomic E-state index is -0.429. The predicted octanol–water partition coefficient (Wildman–Crippen LogP) is 1.50. The van der Waals surface area contributed by atoms with Crippen LogP contribution in [0.5, 0.6) is 0 Å². The molecule has 0 aromatic carbocycles. The van der Waals surface area contributed by atoms with E-state index in [0.717, 1.165) is 45.7 Å². The summed E-state index contributed by atoms with van der Waals surface area (Å²) >= 11 is 0. The molecule has 2 amide bonds. The molecule has 3 heterocycles. The van der Waals surface area contributed by atoms with Gasteiger partial charge in [0.1, 0.15) is 5.69 Å². The number of likely N-dealkylation sites (tertiary alicyclic amines) is 1. The topological polar surface area (TPSA) is 104 Å². The van der Waals surface area contributed by atoms with Crippen LogP contribution in [0.3, 0.4) is 0 Å². The number of aromatic amines is 1. The zero-order chi connectivity index (χ0) is 23.3. The molecule has 0 spiro atoms. The molecule has 0 bridgehead atoms. The molecule has 3 rings (SSSR count). The molecule has 2 N–H and O–H groups in total. The summed E-state index contributed by atoms with van der Waals surface area (Å²) in [6.07, 6.45) is 1.30. The van der Waals surface area contributed by atoms with Crippen molar-refractivity contribution in [3.8, 4) is 0 Å². The quantitative estimate of drug-likeness (QED) is 0.613. The van der Waals surface area contributed by atoms with Crippen LogP contribution in [-0.4, -0.2) is 91.2 Å². The molecule has 0 aliphatic carbocycles.